The Hall–Kier alpha value is -3.52. The molecule has 3 aromatic rings. The second-order valence-corrected chi connectivity index (χ2v) is 7.62. The van der Waals surface area contributed by atoms with Gasteiger partial charge in [0, 0.05) is 41.8 Å². The molecule has 0 saturated carbocycles. The first-order valence-corrected chi connectivity index (χ1v) is 9.99. The zero-order chi connectivity index (χ0) is 22.1. The molecule has 2 N–H and O–H groups in total. The maximum Gasteiger partial charge on any atom is 0.223 e. The first kappa shape index (κ1) is 20.7. The number of ether oxygens (including phenoxy) is 1. The number of Topliss-reactive ketones (excluding diaryl/α,β-unsaturated/α-hetero) is 1. The molecular formula is C22H21ClN6O2. The van der Waals surface area contributed by atoms with Crippen molar-refractivity contribution in [3.8, 4) is 5.75 Å². The van der Waals surface area contributed by atoms with Gasteiger partial charge < -0.3 is 15.4 Å². The van der Waals surface area contributed by atoms with Gasteiger partial charge in [0.15, 0.2) is 5.78 Å². The molecule has 1 aliphatic heterocycles. The van der Waals surface area contributed by atoms with E-state index in [1.54, 1.807) is 31.8 Å². The topological polar surface area (TPSA) is 107 Å². The number of methoxy groups -OCH3 is 1. The highest BCUT2D eigenvalue weighted by Gasteiger charge is 2.32. The molecule has 8 nitrogen and oxygen atoms in total. The van der Waals surface area contributed by atoms with E-state index < -0.39 is 0 Å². The van der Waals surface area contributed by atoms with Gasteiger partial charge in [-0.1, -0.05) is 17.7 Å². The number of fused-ring (bicyclic) bond motifs is 1. The zero-order valence-electron chi connectivity index (χ0n) is 17.4. The van der Waals surface area contributed by atoms with Gasteiger partial charge in [-0.2, -0.15) is 4.98 Å². The standard InChI is InChI=1S/C22H21ClN6O2/c1-12-8-26-16(13(2)19(12)31-3)11-29-10-15(7-14-5-4-6-25-9-14)18(30)17-20(23)27-22(24)28-21(17)29/h4-9H,10-11H2,1-3H3,(H2,24,27,28)/b15-7+. The Morgan fingerprint density at radius 2 is 2.10 bits per heavy atom. The van der Waals surface area contributed by atoms with Crippen LogP contribution in [0.15, 0.2) is 36.3 Å². The Bertz CT molecular complexity index is 1200. The van der Waals surface area contributed by atoms with Crippen molar-refractivity contribution in [2.75, 3.05) is 24.3 Å². The lowest BCUT2D eigenvalue weighted by atomic mass is 9.97. The molecule has 0 aromatic carbocycles. The molecule has 0 atom stereocenters. The van der Waals surface area contributed by atoms with Crippen LogP contribution in [-0.4, -0.2) is 39.4 Å². The van der Waals surface area contributed by atoms with Gasteiger partial charge >= 0.3 is 0 Å². The number of nitrogens with zero attached hydrogens (tertiary/aromatic N) is 5. The van der Waals surface area contributed by atoms with E-state index in [0.717, 1.165) is 28.1 Å². The van der Waals surface area contributed by atoms with Crippen molar-refractivity contribution < 1.29 is 9.53 Å². The van der Waals surface area contributed by atoms with Crippen LogP contribution in [0, 0.1) is 13.8 Å². The van der Waals surface area contributed by atoms with Crippen LogP contribution in [0.3, 0.4) is 0 Å². The number of pyridine rings is 2. The highest BCUT2D eigenvalue weighted by molar-refractivity contribution is 6.35. The SMILES string of the molecule is COc1c(C)cnc(CN2C/C(=C\c3cccnc3)C(=O)c3c(Cl)nc(N)nc32)c1C. The summed E-state index contributed by atoms with van der Waals surface area (Å²) in [7, 11) is 1.64. The van der Waals surface area contributed by atoms with Gasteiger partial charge in [0.25, 0.3) is 0 Å². The van der Waals surface area contributed by atoms with Crippen LogP contribution in [0.5, 0.6) is 5.75 Å². The van der Waals surface area contributed by atoms with Crippen molar-refractivity contribution in [3.05, 3.63) is 69.4 Å². The lowest BCUT2D eigenvalue weighted by Gasteiger charge is -2.31. The number of anilines is 2. The maximum absolute atomic E-state index is 13.2. The minimum Gasteiger partial charge on any atom is -0.496 e. The molecule has 0 aliphatic carbocycles. The molecule has 31 heavy (non-hydrogen) atoms. The van der Waals surface area contributed by atoms with E-state index in [9.17, 15) is 4.79 Å². The van der Waals surface area contributed by atoms with E-state index in [1.165, 1.54) is 0 Å². The zero-order valence-corrected chi connectivity index (χ0v) is 18.1. The Morgan fingerprint density at radius 3 is 2.81 bits per heavy atom. The third-order valence-corrected chi connectivity index (χ3v) is 5.43. The molecule has 0 amide bonds. The Kier molecular flexibility index (Phi) is 5.56. The molecular weight excluding hydrogens is 416 g/mol. The summed E-state index contributed by atoms with van der Waals surface area (Å²) in [6.45, 7) is 4.60. The third-order valence-electron chi connectivity index (χ3n) is 5.16. The van der Waals surface area contributed by atoms with Gasteiger partial charge in [0.05, 0.1) is 19.3 Å². The van der Waals surface area contributed by atoms with Crippen LogP contribution in [0.1, 0.15) is 32.7 Å². The summed E-state index contributed by atoms with van der Waals surface area (Å²) in [5, 5.41) is 0.0282. The number of ketones is 1. The molecule has 0 saturated heterocycles. The van der Waals surface area contributed by atoms with Gasteiger partial charge in [-0.05, 0) is 31.6 Å². The number of nitrogen functional groups attached to an aromatic ring is 1. The van der Waals surface area contributed by atoms with E-state index in [-0.39, 0.29) is 22.4 Å². The number of halogens is 1. The molecule has 4 heterocycles. The summed E-state index contributed by atoms with van der Waals surface area (Å²) in [5.41, 5.74) is 10.1. The molecule has 158 valence electrons. The Labute approximate surface area is 184 Å². The fraction of sp³-hybridized carbons (Fsp3) is 0.227. The Balaban J connectivity index is 1.81. The number of rotatable bonds is 4. The van der Waals surface area contributed by atoms with Crippen LogP contribution < -0.4 is 15.4 Å². The smallest absolute Gasteiger partial charge is 0.223 e. The third kappa shape index (κ3) is 3.94. The number of nitrogens with two attached hydrogens (primary N) is 1. The van der Waals surface area contributed by atoms with Crippen molar-refractivity contribution >= 4 is 35.2 Å². The van der Waals surface area contributed by atoms with Gasteiger partial charge in [-0.15, -0.1) is 0 Å². The molecule has 0 unspecified atom stereocenters. The molecule has 3 aromatic heterocycles. The molecule has 4 rings (SSSR count). The largest absolute Gasteiger partial charge is 0.496 e. The van der Waals surface area contributed by atoms with Crippen molar-refractivity contribution in [2.45, 2.75) is 20.4 Å². The number of aryl methyl sites for hydroxylation is 1. The minimum atomic E-state index is -0.230. The average molecular weight is 437 g/mol. The van der Waals surface area contributed by atoms with Crippen molar-refractivity contribution in [2.24, 2.45) is 0 Å². The minimum absolute atomic E-state index is 0.00686. The van der Waals surface area contributed by atoms with E-state index in [4.69, 9.17) is 22.1 Å². The number of aromatic nitrogens is 4. The molecule has 9 heteroatoms. The fourth-order valence-electron chi connectivity index (χ4n) is 3.69. The molecule has 0 spiro atoms. The van der Waals surface area contributed by atoms with Gasteiger partial charge in [-0.25, -0.2) is 4.98 Å². The predicted octanol–water partition coefficient (Wildman–Crippen LogP) is 3.41. The van der Waals surface area contributed by atoms with Gasteiger partial charge in [-0.3, -0.25) is 14.8 Å². The molecule has 0 bridgehead atoms. The number of hydrogen-bond acceptors (Lipinski definition) is 8. The average Bonchev–Trinajstić information content (AvgIpc) is 2.74. The van der Waals surface area contributed by atoms with Gasteiger partial charge in [0.1, 0.15) is 22.3 Å². The predicted molar refractivity (Wildman–Crippen MR) is 119 cm³/mol. The maximum atomic E-state index is 13.2. The lowest BCUT2D eigenvalue weighted by molar-refractivity contribution is 0.103. The second kappa shape index (κ2) is 8.31. The van der Waals surface area contributed by atoms with E-state index in [1.807, 2.05) is 30.9 Å². The first-order valence-electron chi connectivity index (χ1n) is 9.61. The fourth-order valence-corrected chi connectivity index (χ4v) is 3.95. The summed E-state index contributed by atoms with van der Waals surface area (Å²) < 4.78 is 5.53. The van der Waals surface area contributed by atoms with Crippen molar-refractivity contribution in [1.82, 2.24) is 19.9 Å². The number of carbonyl (C=O) groups is 1. The number of hydrogen-bond donors (Lipinski definition) is 1. The van der Waals surface area contributed by atoms with E-state index >= 15 is 0 Å². The molecule has 0 radical (unpaired) electrons. The second-order valence-electron chi connectivity index (χ2n) is 7.26. The van der Waals surface area contributed by atoms with Crippen LogP contribution >= 0.6 is 11.6 Å². The van der Waals surface area contributed by atoms with Crippen LogP contribution in [0.25, 0.3) is 6.08 Å². The van der Waals surface area contributed by atoms with Crippen LogP contribution in [0.2, 0.25) is 5.15 Å². The quantitative estimate of drug-likeness (QED) is 0.489. The highest BCUT2D eigenvalue weighted by Crippen LogP contribution is 2.35. The van der Waals surface area contributed by atoms with Crippen LogP contribution in [0.4, 0.5) is 11.8 Å². The number of carbonyl (C=O) groups excluding carboxylic acids is 1. The molecule has 1 aliphatic rings. The normalized spacial score (nSPS) is 14.6. The van der Waals surface area contributed by atoms with Gasteiger partial charge in [0.2, 0.25) is 5.95 Å². The van der Waals surface area contributed by atoms with E-state index in [0.29, 0.717) is 24.5 Å². The monoisotopic (exact) mass is 436 g/mol. The summed E-state index contributed by atoms with van der Waals surface area (Å²) in [6, 6.07) is 3.69. The first-order chi connectivity index (χ1) is 14.9. The van der Waals surface area contributed by atoms with E-state index in [2.05, 4.69) is 19.9 Å². The van der Waals surface area contributed by atoms with Crippen molar-refractivity contribution in [1.29, 1.82) is 0 Å². The van der Waals surface area contributed by atoms with Crippen LogP contribution in [-0.2, 0) is 6.54 Å². The summed E-state index contributed by atoms with van der Waals surface area (Å²) in [6.07, 6.45) is 6.94. The summed E-state index contributed by atoms with van der Waals surface area (Å²) in [5.74, 6) is 0.954. The molecule has 0 fully saturated rings. The summed E-state index contributed by atoms with van der Waals surface area (Å²) >= 11 is 6.32. The van der Waals surface area contributed by atoms with Crippen molar-refractivity contribution in [3.63, 3.8) is 0 Å². The highest BCUT2D eigenvalue weighted by atomic mass is 35.5. The summed E-state index contributed by atoms with van der Waals surface area (Å²) in [4.78, 5) is 32.1. The lowest BCUT2D eigenvalue weighted by Crippen LogP contribution is -2.35. The Morgan fingerprint density at radius 1 is 1.29 bits per heavy atom.